The van der Waals surface area contributed by atoms with E-state index in [1.54, 1.807) is 25.1 Å². The van der Waals surface area contributed by atoms with Crippen LogP contribution in [-0.2, 0) is 35.2 Å². The van der Waals surface area contributed by atoms with Crippen LogP contribution in [0.25, 0.3) is 11.0 Å². The van der Waals surface area contributed by atoms with E-state index in [2.05, 4.69) is 21.3 Å². The summed E-state index contributed by atoms with van der Waals surface area (Å²) in [7, 11) is 0. The molecule has 0 aliphatic carbocycles. The number of aliphatic carboxylic acids is 1. The first-order valence-electron chi connectivity index (χ1n) is 15.6. The highest BCUT2D eigenvalue weighted by Gasteiger charge is 2.38. The molecule has 0 radical (unpaired) electrons. The number of hydrogen-bond donors (Lipinski definition) is 5. The number of carboxylic acid groups (broad SMARTS) is 1. The highest BCUT2D eigenvalue weighted by Crippen LogP contribution is 2.22. The van der Waals surface area contributed by atoms with Gasteiger partial charge in [-0.05, 0) is 56.9 Å². The molecule has 2 heterocycles. The van der Waals surface area contributed by atoms with Gasteiger partial charge in [0.2, 0.25) is 29.5 Å². The first kappa shape index (κ1) is 35.3. The van der Waals surface area contributed by atoms with E-state index in [4.69, 9.17) is 9.52 Å². The van der Waals surface area contributed by atoms with Crippen molar-refractivity contribution in [2.45, 2.75) is 77.0 Å². The van der Waals surface area contributed by atoms with E-state index in [1.165, 1.54) is 24.8 Å². The maximum absolute atomic E-state index is 13.6. The van der Waals surface area contributed by atoms with E-state index in [9.17, 15) is 33.6 Å². The van der Waals surface area contributed by atoms with Crippen LogP contribution in [0.4, 0.5) is 5.69 Å². The van der Waals surface area contributed by atoms with Gasteiger partial charge in [-0.2, -0.15) is 0 Å². The Balaban J connectivity index is 1.43. The van der Waals surface area contributed by atoms with Crippen LogP contribution in [0.2, 0.25) is 0 Å². The standard InChI is InChI=1S/C34H39N5O9/c1-19-16-30(43)48-27-18-23(11-12-24(19)27)37-32(45)25(17-22-8-5-4-6-9-22)38-33(46)26-10-7-15-39(26)34(47)21(3)36-31(44)20(2)35-28(40)13-14-29(41)42/h4-6,8-9,11-12,16,18,20-21,25-26H,7,10,13-15,17H2,1-3H3,(H,35,40)(H,36,44)(H,37,45)(H,38,46)(H,41,42). The number of nitrogens with zero attached hydrogens (tertiary/aromatic N) is 1. The van der Waals surface area contributed by atoms with Gasteiger partial charge >= 0.3 is 11.6 Å². The molecule has 1 fully saturated rings. The number of carbonyl (C=O) groups excluding carboxylic acids is 5. The number of likely N-dealkylation sites (tertiary alicyclic amines) is 1. The highest BCUT2D eigenvalue weighted by atomic mass is 16.4. The number of nitrogens with one attached hydrogen (secondary N) is 4. The van der Waals surface area contributed by atoms with Crippen molar-refractivity contribution in [3.8, 4) is 0 Å². The summed E-state index contributed by atoms with van der Waals surface area (Å²) in [6.45, 7) is 4.91. The Labute approximate surface area is 276 Å². The molecule has 1 aliphatic heterocycles. The molecule has 14 nitrogen and oxygen atoms in total. The van der Waals surface area contributed by atoms with Crippen molar-refractivity contribution < 1.29 is 38.3 Å². The Morgan fingerprint density at radius 2 is 1.65 bits per heavy atom. The maximum Gasteiger partial charge on any atom is 0.336 e. The summed E-state index contributed by atoms with van der Waals surface area (Å²) < 4.78 is 5.30. The third-order valence-electron chi connectivity index (χ3n) is 8.04. The average molecular weight is 662 g/mol. The number of amides is 5. The minimum atomic E-state index is -1.14. The third-order valence-corrected chi connectivity index (χ3v) is 8.04. The number of aryl methyl sites for hydroxylation is 1. The number of carboxylic acids is 1. The molecule has 14 heteroatoms. The minimum Gasteiger partial charge on any atom is -0.481 e. The molecule has 0 bridgehead atoms. The minimum absolute atomic E-state index is 0.156. The number of rotatable bonds is 13. The van der Waals surface area contributed by atoms with Crippen LogP contribution in [-0.4, -0.2) is 76.2 Å². The van der Waals surface area contributed by atoms with Crippen molar-refractivity contribution in [3.05, 3.63) is 76.1 Å². The molecule has 3 aromatic rings. The lowest BCUT2D eigenvalue weighted by atomic mass is 10.0. The molecule has 5 N–H and O–H groups in total. The van der Waals surface area contributed by atoms with Crippen LogP contribution in [0.5, 0.6) is 0 Å². The van der Waals surface area contributed by atoms with Gasteiger partial charge in [-0.25, -0.2) is 4.79 Å². The van der Waals surface area contributed by atoms with Crippen molar-refractivity contribution in [1.29, 1.82) is 0 Å². The smallest absolute Gasteiger partial charge is 0.336 e. The van der Waals surface area contributed by atoms with Gasteiger partial charge < -0.3 is 35.7 Å². The van der Waals surface area contributed by atoms with E-state index in [0.29, 0.717) is 29.5 Å². The molecule has 0 saturated carbocycles. The lowest BCUT2D eigenvalue weighted by Gasteiger charge is -2.29. The SMILES string of the molecule is Cc1cc(=O)oc2cc(NC(=O)C(Cc3ccccc3)NC(=O)C3CCCN3C(=O)C(C)NC(=O)C(C)NC(=O)CCC(=O)O)ccc12. The van der Waals surface area contributed by atoms with Crippen LogP contribution in [0, 0.1) is 6.92 Å². The maximum atomic E-state index is 13.6. The van der Waals surface area contributed by atoms with Crippen LogP contribution < -0.4 is 26.9 Å². The number of fused-ring (bicyclic) bond motifs is 1. The predicted octanol–water partition coefficient (Wildman–Crippen LogP) is 1.63. The zero-order chi connectivity index (χ0) is 35.0. The topological polar surface area (TPSA) is 204 Å². The Bertz CT molecular complexity index is 1760. The molecule has 48 heavy (non-hydrogen) atoms. The van der Waals surface area contributed by atoms with Gasteiger partial charge in [-0.15, -0.1) is 0 Å². The van der Waals surface area contributed by atoms with Gasteiger partial charge in [0, 0.05) is 42.6 Å². The van der Waals surface area contributed by atoms with Crippen molar-refractivity contribution in [2.75, 3.05) is 11.9 Å². The van der Waals surface area contributed by atoms with Gasteiger partial charge in [0.05, 0.1) is 6.42 Å². The second-order valence-electron chi connectivity index (χ2n) is 11.8. The number of carbonyl (C=O) groups is 6. The summed E-state index contributed by atoms with van der Waals surface area (Å²) in [5, 5.41) is 20.0. The van der Waals surface area contributed by atoms with E-state index in [1.807, 2.05) is 30.3 Å². The van der Waals surface area contributed by atoms with Crippen LogP contribution in [0.15, 0.2) is 63.8 Å². The fourth-order valence-corrected chi connectivity index (χ4v) is 5.51. The zero-order valence-corrected chi connectivity index (χ0v) is 26.9. The summed E-state index contributed by atoms with van der Waals surface area (Å²) in [5.41, 5.74) is 1.67. The molecule has 1 saturated heterocycles. The fraction of sp³-hybridized carbons (Fsp3) is 0.382. The predicted molar refractivity (Wildman–Crippen MR) is 175 cm³/mol. The quantitative estimate of drug-likeness (QED) is 0.169. The van der Waals surface area contributed by atoms with E-state index < -0.39 is 65.3 Å². The molecule has 0 spiro atoms. The molecule has 4 unspecified atom stereocenters. The lowest BCUT2D eigenvalue weighted by molar-refractivity contribution is -0.142. The van der Waals surface area contributed by atoms with Gasteiger partial charge in [0.25, 0.3) is 0 Å². The van der Waals surface area contributed by atoms with Crippen molar-refractivity contribution in [2.24, 2.45) is 0 Å². The van der Waals surface area contributed by atoms with Gasteiger partial charge in [-0.3, -0.25) is 28.8 Å². The monoisotopic (exact) mass is 661 g/mol. The second-order valence-corrected chi connectivity index (χ2v) is 11.8. The molecular weight excluding hydrogens is 622 g/mol. The van der Waals surface area contributed by atoms with Gasteiger partial charge in [0.1, 0.15) is 29.8 Å². The molecule has 2 aromatic carbocycles. The Morgan fingerprint density at radius 1 is 0.917 bits per heavy atom. The Hall–Kier alpha value is -5.53. The van der Waals surface area contributed by atoms with Crippen molar-refractivity contribution >= 4 is 52.2 Å². The largest absolute Gasteiger partial charge is 0.481 e. The van der Waals surface area contributed by atoms with Crippen LogP contribution in [0.1, 0.15) is 50.7 Å². The van der Waals surface area contributed by atoms with Crippen LogP contribution in [0.3, 0.4) is 0 Å². The third kappa shape index (κ3) is 9.27. The average Bonchev–Trinajstić information content (AvgIpc) is 3.53. The molecule has 5 amide bonds. The summed E-state index contributed by atoms with van der Waals surface area (Å²) >= 11 is 0. The van der Waals surface area contributed by atoms with E-state index >= 15 is 0 Å². The summed E-state index contributed by atoms with van der Waals surface area (Å²) in [5.74, 6) is -3.97. The Kier molecular flexibility index (Phi) is 11.7. The molecule has 1 aromatic heterocycles. The zero-order valence-electron chi connectivity index (χ0n) is 26.9. The Morgan fingerprint density at radius 3 is 2.35 bits per heavy atom. The van der Waals surface area contributed by atoms with Crippen molar-refractivity contribution in [1.82, 2.24) is 20.9 Å². The van der Waals surface area contributed by atoms with Crippen LogP contribution >= 0.6 is 0 Å². The summed E-state index contributed by atoms with van der Waals surface area (Å²) in [4.78, 5) is 89.1. The van der Waals surface area contributed by atoms with Gasteiger partial charge in [0.15, 0.2) is 0 Å². The number of anilines is 1. The molecule has 1 aliphatic rings. The highest BCUT2D eigenvalue weighted by molar-refractivity contribution is 6.00. The lowest BCUT2D eigenvalue weighted by Crippen LogP contribution is -2.56. The first-order chi connectivity index (χ1) is 22.8. The van der Waals surface area contributed by atoms with Gasteiger partial charge in [-0.1, -0.05) is 30.3 Å². The second kappa shape index (κ2) is 15.8. The molecule has 254 valence electrons. The van der Waals surface area contributed by atoms with E-state index in [-0.39, 0.29) is 25.8 Å². The van der Waals surface area contributed by atoms with E-state index in [0.717, 1.165) is 11.1 Å². The number of benzene rings is 2. The number of hydrogen-bond acceptors (Lipinski definition) is 8. The normalized spacial score (nSPS) is 16.0. The molecule has 4 rings (SSSR count). The summed E-state index contributed by atoms with van der Waals surface area (Å²) in [6.07, 6.45) is 0.345. The first-order valence-corrected chi connectivity index (χ1v) is 15.6. The summed E-state index contributed by atoms with van der Waals surface area (Å²) in [6, 6.07) is 11.4. The molecule has 4 atom stereocenters. The van der Waals surface area contributed by atoms with Crippen molar-refractivity contribution in [3.63, 3.8) is 0 Å². The molecular formula is C34H39N5O9. The fourth-order valence-electron chi connectivity index (χ4n) is 5.51.